The van der Waals surface area contributed by atoms with Crippen molar-refractivity contribution in [3.8, 4) is 0 Å². The second kappa shape index (κ2) is 7.24. The lowest BCUT2D eigenvalue weighted by molar-refractivity contribution is -0.138. The molecule has 0 spiro atoms. The molecule has 0 saturated carbocycles. The highest BCUT2D eigenvalue weighted by Crippen LogP contribution is 2.33. The Morgan fingerprint density at radius 3 is 2.29 bits per heavy atom. The first-order valence-electron chi connectivity index (χ1n) is 6.74. The van der Waals surface area contributed by atoms with Crippen molar-refractivity contribution >= 4 is 0 Å². The van der Waals surface area contributed by atoms with E-state index in [1.807, 2.05) is 20.8 Å². The van der Waals surface area contributed by atoms with Gasteiger partial charge in [0.1, 0.15) is 0 Å². The summed E-state index contributed by atoms with van der Waals surface area (Å²) in [5.74, 6) is 0. The van der Waals surface area contributed by atoms with Gasteiger partial charge in [-0.2, -0.15) is 13.2 Å². The lowest BCUT2D eigenvalue weighted by Gasteiger charge is -2.21. The van der Waals surface area contributed by atoms with Gasteiger partial charge in [-0.15, -0.1) is 0 Å². The van der Waals surface area contributed by atoms with E-state index in [9.17, 15) is 13.2 Å². The predicted molar refractivity (Wildman–Crippen MR) is 74.9 cm³/mol. The second-order valence-corrected chi connectivity index (χ2v) is 5.73. The Morgan fingerprint density at radius 1 is 1.10 bits per heavy atom. The zero-order valence-corrected chi connectivity index (χ0v) is 12.5. The minimum atomic E-state index is -4.41. The minimum absolute atomic E-state index is 0.0145. The smallest absolute Gasteiger partial charge is 0.377 e. The summed E-state index contributed by atoms with van der Waals surface area (Å²) in [6, 6.07) is 4.46. The molecule has 0 fully saturated rings. The lowest BCUT2D eigenvalue weighted by Crippen LogP contribution is -2.25. The van der Waals surface area contributed by atoms with Crippen LogP contribution in [0.4, 0.5) is 13.2 Å². The molecule has 1 atom stereocenters. The van der Waals surface area contributed by atoms with E-state index in [1.54, 1.807) is 0 Å². The van der Waals surface area contributed by atoms with E-state index in [1.165, 1.54) is 18.2 Å². The summed E-state index contributed by atoms with van der Waals surface area (Å²) in [5, 5.41) is 0. The van der Waals surface area contributed by atoms with Gasteiger partial charge in [0.2, 0.25) is 0 Å². The maximum Gasteiger partial charge on any atom is 0.416 e. The molecule has 0 amide bonds. The zero-order chi connectivity index (χ0) is 16.1. The quantitative estimate of drug-likeness (QED) is 0.818. The molecule has 0 saturated heterocycles. The van der Waals surface area contributed by atoms with Crippen molar-refractivity contribution in [3.63, 3.8) is 0 Å². The number of nitrogens with two attached hydrogens (primary N) is 1. The first-order valence-corrected chi connectivity index (χ1v) is 6.74. The molecule has 0 heterocycles. The standard InChI is InChI=1S/C15H22F3NO2/c1-14(2,3)21-9-8-20-10-13(19)11-6-4-5-7-12(11)15(16,17)18/h4-7,13H,8-10,19H2,1-3H3. The van der Waals surface area contributed by atoms with Crippen LogP contribution in [0.1, 0.15) is 37.9 Å². The van der Waals surface area contributed by atoms with E-state index in [-0.39, 0.29) is 17.8 Å². The first kappa shape index (κ1) is 17.9. The fourth-order valence-electron chi connectivity index (χ4n) is 1.79. The van der Waals surface area contributed by atoms with Gasteiger partial charge in [-0.05, 0) is 32.4 Å². The van der Waals surface area contributed by atoms with Gasteiger partial charge in [0.05, 0.1) is 37.0 Å². The van der Waals surface area contributed by atoms with Gasteiger partial charge >= 0.3 is 6.18 Å². The summed E-state index contributed by atoms with van der Waals surface area (Å²) in [6.45, 7) is 6.42. The molecule has 21 heavy (non-hydrogen) atoms. The van der Waals surface area contributed by atoms with Gasteiger partial charge in [0.15, 0.2) is 0 Å². The predicted octanol–water partition coefficient (Wildman–Crippen LogP) is 3.54. The van der Waals surface area contributed by atoms with Crippen LogP contribution in [0.15, 0.2) is 24.3 Å². The molecule has 120 valence electrons. The van der Waals surface area contributed by atoms with Crippen molar-refractivity contribution in [2.24, 2.45) is 5.73 Å². The van der Waals surface area contributed by atoms with Crippen molar-refractivity contribution < 1.29 is 22.6 Å². The van der Waals surface area contributed by atoms with Gasteiger partial charge in [0.25, 0.3) is 0 Å². The number of rotatable bonds is 6. The first-order chi connectivity index (χ1) is 9.61. The molecule has 0 aliphatic rings. The molecule has 0 aliphatic heterocycles. The second-order valence-electron chi connectivity index (χ2n) is 5.73. The van der Waals surface area contributed by atoms with Crippen molar-refractivity contribution in [1.82, 2.24) is 0 Å². The fraction of sp³-hybridized carbons (Fsp3) is 0.600. The Bertz CT molecular complexity index is 441. The van der Waals surface area contributed by atoms with Gasteiger partial charge in [-0.1, -0.05) is 18.2 Å². The van der Waals surface area contributed by atoms with E-state index in [0.29, 0.717) is 13.2 Å². The molecule has 0 radical (unpaired) electrons. The van der Waals surface area contributed by atoms with Crippen LogP contribution in [0.5, 0.6) is 0 Å². The van der Waals surface area contributed by atoms with Crippen LogP contribution in [0, 0.1) is 0 Å². The topological polar surface area (TPSA) is 44.5 Å². The molecular weight excluding hydrogens is 283 g/mol. The van der Waals surface area contributed by atoms with E-state index in [4.69, 9.17) is 15.2 Å². The molecule has 1 aromatic rings. The average molecular weight is 305 g/mol. The maximum atomic E-state index is 12.9. The van der Waals surface area contributed by atoms with Gasteiger partial charge < -0.3 is 15.2 Å². The molecule has 1 aromatic carbocycles. The Morgan fingerprint density at radius 2 is 1.71 bits per heavy atom. The molecule has 6 heteroatoms. The van der Waals surface area contributed by atoms with Crippen LogP contribution in [-0.2, 0) is 15.7 Å². The molecule has 1 unspecified atom stereocenters. The number of hydrogen-bond acceptors (Lipinski definition) is 3. The SMILES string of the molecule is CC(C)(C)OCCOCC(N)c1ccccc1C(F)(F)F. The van der Waals surface area contributed by atoms with E-state index < -0.39 is 17.8 Å². The maximum absolute atomic E-state index is 12.9. The Balaban J connectivity index is 2.51. The molecule has 2 N–H and O–H groups in total. The minimum Gasteiger partial charge on any atom is -0.377 e. The van der Waals surface area contributed by atoms with Gasteiger partial charge in [-0.25, -0.2) is 0 Å². The Hall–Kier alpha value is -1.11. The van der Waals surface area contributed by atoms with Gasteiger partial charge in [0, 0.05) is 0 Å². The van der Waals surface area contributed by atoms with Crippen LogP contribution in [-0.4, -0.2) is 25.4 Å². The molecule has 3 nitrogen and oxygen atoms in total. The highest BCUT2D eigenvalue weighted by atomic mass is 19.4. The molecular formula is C15H22F3NO2. The monoisotopic (exact) mass is 305 g/mol. The van der Waals surface area contributed by atoms with Crippen molar-refractivity contribution in [2.75, 3.05) is 19.8 Å². The van der Waals surface area contributed by atoms with Crippen molar-refractivity contribution in [2.45, 2.75) is 38.6 Å². The number of alkyl halides is 3. The number of halogens is 3. The van der Waals surface area contributed by atoms with Crippen molar-refractivity contribution in [1.29, 1.82) is 0 Å². The van der Waals surface area contributed by atoms with E-state index in [2.05, 4.69) is 0 Å². The Kier molecular flexibility index (Phi) is 6.19. The number of hydrogen-bond donors (Lipinski definition) is 1. The summed E-state index contributed by atoms with van der Waals surface area (Å²) in [6.07, 6.45) is -4.41. The largest absolute Gasteiger partial charge is 0.416 e. The van der Waals surface area contributed by atoms with Crippen molar-refractivity contribution in [3.05, 3.63) is 35.4 Å². The molecule has 1 rings (SSSR count). The number of ether oxygens (including phenoxy) is 2. The third kappa shape index (κ3) is 6.46. The van der Waals surface area contributed by atoms with Crippen LogP contribution >= 0.6 is 0 Å². The molecule has 0 aromatic heterocycles. The van der Waals surface area contributed by atoms with Crippen LogP contribution in [0.25, 0.3) is 0 Å². The normalized spacial score (nSPS) is 14.2. The summed E-state index contributed by atoms with van der Waals surface area (Å²) >= 11 is 0. The van der Waals surface area contributed by atoms with Crippen LogP contribution < -0.4 is 5.73 Å². The van der Waals surface area contributed by atoms with E-state index >= 15 is 0 Å². The molecule has 0 aliphatic carbocycles. The van der Waals surface area contributed by atoms with E-state index in [0.717, 1.165) is 6.07 Å². The van der Waals surface area contributed by atoms with Gasteiger partial charge in [-0.3, -0.25) is 0 Å². The summed E-state index contributed by atoms with van der Waals surface area (Å²) in [7, 11) is 0. The summed E-state index contributed by atoms with van der Waals surface area (Å²) in [4.78, 5) is 0. The Labute approximate surface area is 123 Å². The lowest BCUT2D eigenvalue weighted by atomic mass is 10.0. The highest BCUT2D eigenvalue weighted by Gasteiger charge is 2.34. The highest BCUT2D eigenvalue weighted by molar-refractivity contribution is 5.32. The number of benzene rings is 1. The summed E-state index contributed by atoms with van der Waals surface area (Å²) in [5.41, 5.74) is 4.85. The van der Waals surface area contributed by atoms with Crippen LogP contribution in [0.3, 0.4) is 0 Å². The average Bonchev–Trinajstić information content (AvgIpc) is 2.35. The third-order valence-corrected chi connectivity index (χ3v) is 2.73. The fourth-order valence-corrected chi connectivity index (χ4v) is 1.79. The zero-order valence-electron chi connectivity index (χ0n) is 12.5. The van der Waals surface area contributed by atoms with Crippen LogP contribution in [0.2, 0.25) is 0 Å². The third-order valence-electron chi connectivity index (χ3n) is 2.73. The summed E-state index contributed by atoms with van der Waals surface area (Å²) < 4.78 is 49.3. The molecule has 0 bridgehead atoms.